The summed E-state index contributed by atoms with van der Waals surface area (Å²) in [5, 5.41) is 6.79. The van der Waals surface area contributed by atoms with Crippen LogP contribution in [0.4, 0.5) is 0 Å². The Morgan fingerprint density at radius 3 is 2.92 bits per heavy atom. The maximum atomic E-state index is 12.0. The molecule has 2 heterocycles. The molecule has 3 rings (SSSR count). The molecular formula is C16H18BrN3O4. The van der Waals surface area contributed by atoms with E-state index in [1.807, 2.05) is 0 Å². The molecule has 0 atom stereocenters. The Bertz CT molecular complexity index is 802. The molecular weight excluding hydrogens is 378 g/mol. The quantitative estimate of drug-likeness (QED) is 0.759. The van der Waals surface area contributed by atoms with E-state index in [9.17, 15) is 9.59 Å². The van der Waals surface area contributed by atoms with Crippen molar-refractivity contribution in [2.45, 2.75) is 38.6 Å². The summed E-state index contributed by atoms with van der Waals surface area (Å²) in [5.74, 6) is -0.593. The van der Waals surface area contributed by atoms with Crippen molar-refractivity contribution >= 4 is 21.8 Å². The van der Waals surface area contributed by atoms with Gasteiger partial charge in [-0.2, -0.15) is 4.68 Å². The van der Waals surface area contributed by atoms with E-state index in [4.69, 9.17) is 8.83 Å². The average molecular weight is 396 g/mol. The number of carbonyl (C=O) groups excluding carboxylic acids is 1. The molecule has 2 aromatic heterocycles. The number of hydrogen-bond donors (Lipinski definition) is 1. The number of allylic oxidation sites excluding steroid dienone is 1. The summed E-state index contributed by atoms with van der Waals surface area (Å²) in [4.78, 5) is 23.7. The molecule has 0 aliphatic heterocycles. The number of nitrogens with zero attached hydrogens (tertiary/aromatic N) is 2. The summed E-state index contributed by atoms with van der Waals surface area (Å²) >= 11 is 3.17. The summed E-state index contributed by atoms with van der Waals surface area (Å²) < 4.78 is 11.8. The molecule has 0 saturated carbocycles. The number of halogens is 1. The first kappa shape index (κ1) is 16.8. The minimum atomic E-state index is -0.692. The molecule has 7 nitrogen and oxygen atoms in total. The second-order valence-corrected chi connectivity index (χ2v) is 6.42. The van der Waals surface area contributed by atoms with E-state index < -0.39 is 5.76 Å². The zero-order valence-corrected chi connectivity index (χ0v) is 14.7. The second kappa shape index (κ2) is 7.65. The fourth-order valence-electron chi connectivity index (χ4n) is 2.62. The van der Waals surface area contributed by atoms with Crippen LogP contribution in [0.15, 0.2) is 42.1 Å². The molecule has 0 unspecified atom stereocenters. The van der Waals surface area contributed by atoms with E-state index in [0.717, 1.165) is 23.9 Å². The van der Waals surface area contributed by atoms with Crippen molar-refractivity contribution in [3.05, 3.63) is 39.0 Å². The van der Waals surface area contributed by atoms with Crippen LogP contribution in [-0.4, -0.2) is 22.2 Å². The van der Waals surface area contributed by atoms with Crippen LogP contribution in [0.1, 0.15) is 32.1 Å². The second-order valence-electron chi connectivity index (χ2n) is 5.64. The maximum Gasteiger partial charge on any atom is 0.437 e. The number of furan rings is 1. The van der Waals surface area contributed by atoms with Crippen molar-refractivity contribution < 1.29 is 13.6 Å². The number of nitrogens with one attached hydrogen (secondary N) is 1. The molecule has 1 N–H and O–H groups in total. The predicted octanol–water partition coefficient (Wildman–Crippen LogP) is 2.87. The van der Waals surface area contributed by atoms with Gasteiger partial charge in [-0.25, -0.2) is 4.79 Å². The van der Waals surface area contributed by atoms with Crippen LogP contribution in [0, 0.1) is 0 Å². The van der Waals surface area contributed by atoms with Gasteiger partial charge in [-0.05, 0) is 60.2 Å². The third kappa shape index (κ3) is 4.25. The van der Waals surface area contributed by atoms with Crippen LogP contribution >= 0.6 is 15.9 Å². The minimum absolute atomic E-state index is 0.0471. The maximum absolute atomic E-state index is 12.0. The highest BCUT2D eigenvalue weighted by molar-refractivity contribution is 9.10. The molecule has 0 bridgehead atoms. The third-order valence-corrected chi connectivity index (χ3v) is 4.26. The van der Waals surface area contributed by atoms with Crippen molar-refractivity contribution in [3.63, 3.8) is 0 Å². The van der Waals surface area contributed by atoms with Gasteiger partial charge < -0.3 is 14.2 Å². The van der Waals surface area contributed by atoms with Gasteiger partial charge in [0.25, 0.3) is 5.89 Å². The van der Waals surface area contributed by atoms with Crippen molar-refractivity contribution in [1.29, 1.82) is 0 Å². The smallest absolute Gasteiger partial charge is 0.437 e. The molecule has 128 valence electrons. The first-order valence-corrected chi connectivity index (χ1v) is 8.69. The molecule has 0 spiro atoms. The lowest BCUT2D eigenvalue weighted by atomic mass is 9.97. The van der Waals surface area contributed by atoms with Gasteiger partial charge in [0.1, 0.15) is 6.54 Å². The Morgan fingerprint density at radius 1 is 1.33 bits per heavy atom. The van der Waals surface area contributed by atoms with Gasteiger partial charge in [-0.3, -0.25) is 4.79 Å². The lowest BCUT2D eigenvalue weighted by Crippen LogP contribution is -2.32. The summed E-state index contributed by atoms with van der Waals surface area (Å²) in [6.07, 6.45) is 7.82. The van der Waals surface area contributed by atoms with Gasteiger partial charge in [0.05, 0.1) is 0 Å². The van der Waals surface area contributed by atoms with Gasteiger partial charge in [0.2, 0.25) is 5.91 Å². The molecule has 1 aliphatic rings. The Hall–Kier alpha value is -2.09. The topological polar surface area (TPSA) is 90.3 Å². The predicted molar refractivity (Wildman–Crippen MR) is 90.3 cm³/mol. The standard InChI is InChI=1S/C16H18BrN3O4/c17-13-7-6-12(23-13)15-19-20(16(22)24-15)10-14(21)18-9-8-11-4-2-1-3-5-11/h4,6-7H,1-3,5,8-10H2,(H,18,21). The van der Waals surface area contributed by atoms with E-state index >= 15 is 0 Å². The van der Waals surface area contributed by atoms with Crippen LogP contribution in [0.25, 0.3) is 11.7 Å². The molecule has 1 aliphatic carbocycles. The van der Waals surface area contributed by atoms with Gasteiger partial charge in [-0.15, -0.1) is 5.10 Å². The van der Waals surface area contributed by atoms with Crippen LogP contribution in [0.2, 0.25) is 0 Å². The monoisotopic (exact) mass is 395 g/mol. The number of rotatable bonds is 6. The fourth-order valence-corrected chi connectivity index (χ4v) is 2.93. The zero-order chi connectivity index (χ0) is 16.9. The third-order valence-electron chi connectivity index (χ3n) is 3.84. The van der Waals surface area contributed by atoms with Gasteiger partial charge in [0, 0.05) is 6.54 Å². The zero-order valence-electron chi connectivity index (χ0n) is 13.1. The average Bonchev–Trinajstić information content (AvgIpc) is 3.15. The Balaban J connectivity index is 1.53. The van der Waals surface area contributed by atoms with Gasteiger partial charge in [-0.1, -0.05) is 11.6 Å². The van der Waals surface area contributed by atoms with E-state index in [2.05, 4.69) is 32.4 Å². The van der Waals surface area contributed by atoms with Gasteiger partial charge in [0.15, 0.2) is 10.4 Å². The van der Waals surface area contributed by atoms with Crippen LogP contribution in [0.5, 0.6) is 0 Å². The summed E-state index contributed by atoms with van der Waals surface area (Å²) in [6.45, 7) is 0.387. The molecule has 0 saturated heterocycles. The number of amides is 1. The summed E-state index contributed by atoms with van der Waals surface area (Å²) in [6, 6.07) is 3.29. The largest absolute Gasteiger partial charge is 0.444 e. The summed E-state index contributed by atoms with van der Waals surface area (Å²) in [7, 11) is 0. The lowest BCUT2D eigenvalue weighted by Gasteiger charge is -2.12. The highest BCUT2D eigenvalue weighted by Gasteiger charge is 2.15. The SMILES string of the molecule is O=C(Cn1nc(-c2ccc(Br)o2)oc1=O)NCCC1=CCCCC1. The molecule has 1 amide bonds. The van der Waals surface area contributed by atoms with E-state index in [0.29, 0.717) is 17.0 Å². The Kier molecular flexibility index (Phi) is 5.34. The lowest BCUT2D eigenvalue weighted by molar-refractivity contribution is -0.121. The van der Waals surface area contributed by atoms with Crippen molar-refractivity contribution in [2.75, 3.05) is 6.54 Å². The van der Waals surface area contributed by atoms with Crippen LogP contribution < -0.4 is 11.1 Å². The fraction of sp³-hybridized carbons (Fsp3) is 0.438. The summed E-state index contributed by atoms with van der Waals surface area (Å²) in [5.41, 5.74) is 1.39. The van der Waals surface area contributed by atoms with Crippen LogP contribution in [0.3, 0.4) is 0 Å². The Labute approximate surface area is 146 Å². The molecule has 24 heavy (non-hydrogen) atoms. The van der Waals surface area contributed by atoms with Crippen molar-refractivity contribution in [3.8, 4) is 11.7 Å². The molecule has 2 aromatic rings. The molecule has 0 radical (unpaired) electrons. The number of carbonyl (C=O) groups is 1. The van der Waals surface area contributed by atoms with Crippen molar-refractivity contribution in [1.82, 2.24) is 15.1 Å². The normalized spacial score (nSPS) is 14.5. The van der Waals surface area contributed by atoms with Crippen LogP contribution in [-0.2, 0) is 11.3 Å². The number of hydrogen-bond acceptors (Lipinski definition) is 5. The molecule has 0 fully saturated rings. The molecule has 0 aromatic carbocycles. The highest BCUT2D eigenvalue weighted by Crippen LogP contribution is 2.22. The Morgan fingerprint density at radius 2 is 2.21 bits per heavy atom. The highest BCUT2D eigenvalue weighted by atomic mass is 79.9. The van der Waals surface area contributed by atoms with Crippen molar-refractivity contribution in [2.24, 2.45) is 0 Å². The first-order valence-electron chi connectivity index (χ1n) is 7.90. The van der Waals surface area contributed by atoms with E-state index in [1.165, 1.54) is 18.4 Å². The van der Waals surface area contributed by atoms with E-state index in [-0.39, 0.29) is 18.3 Å². The minimum Gasteiger partial charge on any atom is -0.444 e. The first-order chi connectivity index (χ1) is 11.6. The van der Waals surface area contributed by atoms with E-state index in [1.54, 1.807) is 12.1 Å². The van der Waals surface area contributed by atoms with Gasteiger partial charge >= 0.3 is 5.76 Å². The molecule has 8 heteroatoms. The number of aromatic nitrogens is 2.